The first-order valence-electron chi connectivity index (χ1n) is 13.7. The molecule has 0 saturated heterocycles. The Morgan fingerprint density at radius 3 is 2.32 bits per heavy atom. The van der Waals surface area contributed by atoms with E-state index in [4.69, 9.17) is 16.9 Å². The number of benzene rings is 3. The maximum Gasteiger partial charge on any atom is 0.251 e. The molecule has 38 heavy (non-hydrogen) atoms. The van der Waals surface area contributed by atoms with Gasteiger partial charge in [-0.15, -0.1) is 0 Å². The number of nitrogen functional groups attached to an aromatic ring is 1. The van der Waals surface area contributed by atoms with Crippen molar-refractivity contribution in [2.75, 3.05) is 6.61 Å². The molecule has 4 rings (SSSR count). The molecule has 7 N–H and O–H groups in total. The number of hydrogen-bond donors (Lipinski definition) is 5. The van der Waals surface area contributed by atoms with Gasteiger partial charge in [0.15, 0.2) is 0 Å². The molecule has 1 aliphatic carbocycles. The molecule has 3 aromatic rings. The molecule has 200 valence electrons. The topological polar surface area (TPSA) is 125 Å². The number of carbonyl (C=O) groups is 1. The van der Waals surface area contributed by atoms with E-state index in [0.29, 0.717) is 30.0 Å². The third-order valence-corrected chi connectivity index (χ3v) is 7.81. The van der Waals surface area contributed by atoms with Crippen molar-refractivity contribution in [2.24, 2.45) is 23.3 Å². The van der Waals surface area contributed by atoms with Crippen molar-refractivity contribution in [1.82, 2.24) is 5.32 Å². The van der Waals surface area contributed by atoms with Gasteiger partial charge in [-0.25, -0.2) is 0 Å². The summed E-state index contributed by atoms with van der Waals surface area (Å²) in [5.41, 5.74) is 16.9. The van der Waals surface area contributed by atoms with Crippen LogP contribution in [0.5, 0.6) is 0 Å². The minimum absolute atomic E-state index is 0.0256. The van der Waals surface area contributed by atoms with E-state index in [1.54, 1.807) is 0 Å². The second-order valence-corrected chi connectivity index (χ2v) is 10.6. The van der Waals surface area contributed by atoms with E-state index >= 15 is 0 Å². The SMILES string of the molecule is N=C(N)c1cccc(CC(CO)C(CC2CCCCC2)NC(=O)c2ccc(-c3cccc(CN)c3)cc2)c1. The number of aliphatic hydroxyl groups is 1. The van der Waals surface area contributed by atoms with Crippen LogP contribution in [0.15, 0.2) is 72.8 Å². The highest BCUT2D eigenvalue weighted by atomic mass is 16.3. The van der Waals surface area contributed by atoms with Gasteiger partial charge in [-0.2, -0.15) is 0 Å². The summed E-state index contributed by atoms with van der Waals surface area (Å²) in [4.78, 5) is 13.4. The van der Waals surface area contributed by atoms with Crippen molar-refractivity contribution in [1.29, 1.82) is 5.41 Å². The van der Waals surface area contributed by atoms with Crippen LogP contribution in [0, 0.1) is 17.2 Å². The monoisotopic (exact) mass is 512 g/mol. The Hall–Kier alpha value is -3.48. The fraction of sp³-hybridized carbons (Fsp3) is 0.375. The zero-order valence-electron chi connectivity index (χ0n) is 22.0. The molecule has 1 amide bonds. The van der Waals surface area contributed by atoms with Gasteiger partial charge in [0.05, 0.1) is 0 Å². The summed E-state index contributed by atoms with van der Waals surface area (Å²) < 4.78 is 0. The lowest BCUT2D eigenvalue weighted by Crippen LogP contribution is -2.44. The van der Waals surface area contributed by atoms with Gasteiger partial charge in [-0.3, -0.25) is 10.2 Å². The molecule has 6 heteroatoms. The molecule has 0 aliphatic heterocycles. The predicted octanol–water partition coefficient (Wildman–Crippen LogP) is 5.02. The maximum absolute atomic E-state index is 13.4. The van der Waals surface area contributed by atoms with E-state index in [0.717, 1.165) is 28.7 Å². The average molecular weight is 513 g/mol. The molecule has 3 aromatic carbocycles. The van der Waals surface area contributed by atoms with Crippen molar-refractivity contribution < 1.29 is 9.90 Å². The second kappa shape index (κ2) is 13.4. The number of nitrogens with two attached hydrogens (primary N) is 2. The largest absolute Gasteiger partial charge is 0.396 e. The highest BCUT2D eigenvalue weighted by Crippen LogP contribution is 2.30. The molecule has 6 nitrogen and oxygen atoms in total. The molecule has 1 aliphatic rings. The van der Waals surface area contributed by atoms with Crippen LogP contribution in [0.1, 0.15) is 65.6 Å². The maximum atomic E-state index is 13.4. The fourth-order valence-corrected chi connectivity index (χ4v) is 5.60. The van der Waals surface area contributed by atoms with Gasteiger partial charge < -0.3 is 21.9 Å². The second-order valence-electron chi connectivity index (χ2n) is 10.6. The Bertz CT molecular complexity index is 1220. The minimum Gasteiger partial charge on any atom is -0.396 e. The summed E-state index contributed by atoms with van der Waals surface area (Å²) >= 11 is 0. The number of amidine groups is 1. The first-order chi connectivity index (χ1) is 18.5. The van der Waals surface area contributed by atoms with Crippen LogP contribution in [0.4, 0.5) is 0 Å². The van der Waals surface area contributed by atoms with Gasteiger partial charge in [0.1, 0.15) is 5.84 Å². The Morgan fingerprint density at radius 1 is 0.921 bits per heavy atom. The molecule has 0 spiro atoms. The summed E-state index contributed by atoms with van der Waals surface area (Å²) in [6, 6.07) is 23.2. The van der Waals surface area contributed by atoms with Crippen molar-refractivity contribution in [2.45, 2.75) is 57.5 Å². The highest BCUT2D eigenvalue weighted by molar-refractivity contribution is 5.95. The number of carbonyl (C=O) groups excluding carboxylic acids is 1. The molecule has 2 unspecified atom stereocenters. The average Bonchev–Trinajstić information content (AvgIpc) is 2.96. The zero-order chi connectivity index (χ0) is 26.9. The fourth-order valence-electron chi connectivity index (χ4n) is 5.60. The Morgan fingerprint density at radius 2 is 1.63 bits per heavy atom. The van der Waals surface area contributed by atoms with Gasteiger partial charge >= 0.3 is 0 Å². The van der Waals surface area contributed by atoms with Crippen LogP contribution < -0.4 is 16.8 Å². The van der Waals surface area contributed by atoms with E-state index < -0.39 is 0 Å². The molecule has 1 saturated carbocycles. The Balaban J connectivity index is 1.51. The van der Waals surface area contributed by atoms with E-state index in [9.17, 15) is 9.90 Å². The summed E-state index contributed by atoms with van der Waals surface area (Å²) in [7, 11) is 0. The lowest BCUT2D eigenvalue weighted by molar-refractivity contribution is 0.0882. The van der Waals surface area contributed by atoms with E-state index in [2.05, 4.69) is 11.4 Å². The number of hydrogen-bond acceptors (Lipinski definition) is 4. The van der Waals surface area contributed by atoms with Crippen molar-refractivity contribution >= 4 is 11.7 Å². The molecule has 0 bridgehead atoms. The molecule has 0 radical (unpaired) electrons. The van der Waals surface area contributed by atoms with Crippen LogP contribution >= 0.6 is 0 Å². The van der Waals surface area contributed by atoms with Crippen LogP contribution in [-0.2, 0) is 13.0 Å². The van der Waals surface area contributed by atoms with E-state index in [1.807, 2.05) is 66.7 Å². The smallest absolute Gasteiger partial charge is 0.251 e. The molecular weight excluding hydrogens is 472 g/mol. The third-order valence-electron chi connectivity index (χ3n) is 7.81. The summed E-state index contributed by atoms with van der Waals surface area (Å²) in [6.07, 6.45) is 7.52. The van der Waals surface area contributed by atoms with Gasteiger partial charge in [-0.1, -0.05) is 80.6 Å². The molecule has 2 atom stereocenters. The lowest BCUT2D eigenvalue weighted by Gasteiger charge is -2.32. The Kier molecular flexibility index (Phi) is 9.68. The third kappa shape index (κ3) is 7.30. The quantitative estimate of drug-likeness (QED) is 0.183. The summed E-state index contributed by atoms with van der Waals surface area (Å²) in [6.45, 7) is 0.459. The highest BCUT2D eigenvalue weighted by Gasteiger charge is 2.28. The normalized spacial score (nSPS) is 15.5. The number of nitrogens with one attached hydrogen (secondary N) is 2. The van der Waals surface area contributed by atoms with Crippen LogP contribution in [0.25, 0.3) is 11.1 Å². The van der Waals surface area contributed by atoms with Crippen molar-refractivity contribution in [3.8, 4) is 11.1 Å². The van der Waals surface area contributed by atoms with Gasteiger partial charge in [0.25, 0.3) is 5.91 Å². The first-order valence-corrected chi connectivity index (χ1v) is 13.7. The molecular formula is C32H40N4O2. The summed E-state index contributed by atoms with van der Waals surface area (Å²) in [5.74, 6) is 0.312. The zero-order valence-corrected chi connectivity index (χ0v) is 22.0. The van der Waals surface area contributed by atoms with Crippen LogP contribution in [0.2, 0.25) is 0 Å². The van der Waals surface area contributed by atoms with E-state index in [1.165, 1.54) is 32.1 Å². The molecule has 0 aromatic heterocycles. The van der Waals surface area contributed by atoms with Crippen LogP contribution in [-0.4, -0.2) is 29.5 Å². The lowest BCUT2D eigenvalue weighted by atomic mass is 9.80. The van der Waals surface area contributed by atoms with Crippen LogP contribution in [0.3, 0.4) is 0 Å². The summed E-state index contributed by atoms with van der Waals surface area (Å²) in [5, 5.41) is 21.5. The van der Waals surface area contributed by atoms with E-state index in [-0.39, 0.29) is 30.3 Å². The first kappa shape index (κ1) is 27.6. The van der Waals surface area contributed by atoms with Gasteiger partial charge in [-0.05, 0) is 65.3 Å². The standard InChI is InChI=1S/C32H40N4O2/c33-20-24-9-5-10-27(18-24)25-12-14-26(15-13-25)32(38)36-30(19-22-6-2-1-3-7-22)29(21-37)17-23-8-4-11-28(16-23)31(34)35/h4-5,8-16,18,22,29-30,37H,1-3,6-7,17,19-21,33H2,(H3,34,35)(H,36,38). The Labute approximate surface area is 226 Å². The number of amides is 1. The predicted molar refractivity (Wildman–Crippen MR) is 154 cm³/mol. The van der Waals surface area contributed by atoms with Gasteiger partial charge in [0, 0.05) is 36.2 Å². The molecule has 1 fully saturated rings. The number of aliphatic hydroxyl groups excluding tert-OH is 1. The molecule has 0 heterocycles. The van der Waals surface area contributed by atoms with Crippen molar-refractivity contribution in [3.05, 3.63) is 95.1 Å². The number of rotatable bonds is 11. The minimum atomic E-state index is -0.155. The van der Waals surface area contributed by atoms with Gasteiger partial charge in [0.2, 0.25) is 0 Å². The van der Waals surface area contributed by atoms with Crippen molar-refractivity contribution in [3.63, 3.8) is 0 Å².